The summed E-state index contributed by atoms with van der Waals surface area (Å²) in [6, 6.07) is 6.89. The smallest absolute Gasteiger partial charge is 0.549 e. The zero-order valence-corrected chi connectivity index (χ0v) is 21.4. The van der Waals surface area contributed by atoms with Gasteiger partial charge in [-0.15, -0.1) is 20.4 Å². The second kappa shape index (κ2) is 19.7. The fourth-order valence-electron chi connectivity index (χ4n) is 2.00. The van der Waals surface area contributed by atoms with Crippen LogP contribution in [-0.2, 0) is 48.6 Å². The molecule has 0 saturated carbocycles. The quantitative estimate of drug-likeness (QED) is 0.106. The minimum Gasteiger partial charge on any atom is -0.549 e. The fourth-order valence-corrected chi connectivity index (χ4v) is 2.96. The third kappa shape index (κ3) is 12.9. The molecule has 0 unspecified atom stereocenters. The molecule has 12 N–H and O–H groups in total. The van der Waals surface area contributed by atoms with Gasteiger partial charge in [-0.1, -0.05) is 23.5 Å². The van der Waals surface area contributed by atoms with Crippen molar-refractivity contribution >= 4 is 35.5 Å². The average Bonchev–Trinajstić information content (AvgIpc) is 3.48. The first-order valence-corrected chi connectivity index (χ1v) is 10.6. The first kappa shape index (κ1) is 38.1. The van der Waals surface area contributed by atoms with Crippen LogP contribution >= 0.6 is 23.5 Å². The fraction of sp³-hybridized carbons (Fsp3) is 0.111. The molecule has 19 heteroatoms. The number of hydrogen-bond acceptors (Lipinski definition) is 14. The second-order valence-corrected chi connectivity index (χ2v) is 7.39. The van der Waals surface area contributed by atoms with Gasteiger partial charge in [-0.3, -0.25) is 9.97 Å². The summed E-state index contributed by atoms with van der Waals surface area (Å²) in [5.41, 5.74) is 1.48. The maximum atomic E-state index is 10.2. The molecule has 0 atom stereocenters. The Kier molecular flexibility index (Phi) is 20.3. The summed E-state index contributed by atoms with van der Waals surface area (Å²) in [5.74, 6) is -2.09. The number of nitrogens with zero attached hydrogens (tertiary/aromatic N) is 6. The molecule has 0 spiro atoms. The number of aliphatic carboxylic acids is 2. The molecular weight excluding hydrogens is 580 g/mol. The summed E-state index contributed by atoms with van der Waals surface area (Å²) < 4.78 is 10.5. The summed E-state index contributed by atoms with van der Waals surface area (Å²) in [7, 11) is 0. The molecule has 0 amide bonds. The van der Waals surface area contributed by atoms with Crippen molar-refractivity contribution in [2.45, 2.75) is 10.4 Å². The van der Waals surface area contributed by atoms with Gasteiger partial charge in [-0.25, -0.2) is 0 Å². The van der Waals surface area contributed by atoms with Gasteiger partial charge in [0.1, 0.15) is 0 Å². The molecule has 4 heterocycles. The van der Waals surface area contributed by atoms with Crippen LogP contribution < -0.4 is 10.2 Å². The Morgan fingerprint density at radius 1 is 0.649 bits per heavy atom. The van der Waals surface area contributed by atoms with Crippen molar-refractivity contribution in [1.29, 1.82) is 0 Å². The number of aromatic nitrogens is 6. The molecular formula is C18H24FeN6O10S2+4. The summed E-state index contributed by atoms with van der Waals surface area (Å²) in [6.45, 7) is 0. The first-order valence-electron chi connectivity index (χ1n) is 8.64. The molecule has 0 aromatic carbocycles. The molecule has 4 rings (SSSR count). The molecule has 202 valence electrons. The number of carbonyl (C=O) groups is 2. The van der Waals surface area contributed by atoms with Crippen LogP contribution in [0.3, 0.4) is 0 Å². The Morgan fingerprint density at radius 2 is 0.973 bits per heavy atom. The Balaban J connectivity index is -0.000000550. The predicted molar refractivity (Wildman–Crippen MR) is 126 cm³/mol. The predicted octanol–water partition coefficient (Wildman–Crippen LogP) is -3.74. The number of carbonyl (C=O) groups excluding carboxylic acids is 2. The summed E-state index contributed by atoms with van der Waals surface area (Å²) in [5, 5.41) is 35.8. The molecule has 37 heavy (non-hydrogen) atoms. The topological polar surface area (TPSA) is 316 Å². The molecule has 0 bridgehead atoms. The van der Waals surface area contributed by atoms with Crippen molar-refractivity contribution in [2.24, 2.45) is 0 Å². The van der Waals surface area contributed by atoms with E-state index < -0.39 is 11.9 Å². The maximum absolute atomic E-state index is 10.2. The number of pyridine rings is 2. The van der Waals surface area contributed by atoms with Gasteiger partial charge in [0.15, 0.2) is 0 Å². The molecule has 0 aliphatic heterocycles. The monoisotopic (exact) mass is 604 g/mol. The van der Waals surface area contributed by atoms with Crippen molar-refractivity contribution in [3.05, 3.63) is 49.1 Å². The van der Waals surface area contributed by atoms with E-state index in [4.69, 9.17) is 8.83 Å². The van der Waals surface area contributed by atoms with Crippen LogP contribution in [0.5, 0.6) is 0 Å². The van der Waals surface area contributed by atoms with Gasteiger partial charge in [0.25, 0.3) is 10.4 Å². The van der Waals surface area contributed by atoms with Crippen LogP contribution in [0.25, 0.3) is 22.9 Å². The van der Waals surface area contributed by atoms with E-state index in [9.17, 15) is 19.8 Å². The molecule has 0 aliphatic rings. The standard InChI is InChI=1S/2C9H7N3O3S.Fe.4H2O/c2*13-7(14)5-16-9-12-11-8(15-9)6-1-3-10-4-2-6;;;;;/h2*1-4H,5H2,(H,13,14);;4*1H2/q;;+2;;;;/p+2. The van der Waals surface area contributed by atoms with Crippen molar-refractivity contribution < 1.29 is 67.6 Å². The van der Waals surface area contributed by atoms with Crippen LogP contribution in [0.2, 0.25) is 0 Å². The zero-order chi connectivity index (χ0) is 22.8. The van der Waals surface area contributed by atoms with Crippen molar-refractivity contribution in [3.8, 4) is 22.9 Å². The maximum Gasteiger partial charge on any atom is 2.00 e. The van der Waals surface area contributed by atoms with E-state index in [-0.39, 0.29) is 60.9 Å². The minimum absolute atomic E-state index is 0. The van der Waals surface area contributed by atoms with Gasteiger partial charge < -0.3 is 50.5 Å². The average molecular weight is 604 g/mol. The van der Waals surface area contributed by atoms with Crippen LogP contribution in [0.4, 0.5) is 0 Å². The van der Waals surface area contributed by atoms with Crippen LogP contribution in [0, 0.1) is 0 Å². The van der Waals surface area contributed by atoms with Gasteiger partial charge in [0.05, 0.1) is 11.9 Å². The third-order valence-corrected chi connectivity index (χ3v) is 4.88. The molecule has 0 aliphatic carbocycles. The Hall–Kier alpha value is -3.42. The van der Waals surface area contributed by atoms with E-state index in [1.165, 1.54) is 0 Å². The van der Waals surface area contributed by atoms with E-state index >= 15 is 0 Å². The summed E-state index contributed by atoms with van der Waals surface area (Å²) in [6.07, 6.45) is 6.42. The Morgan fingerprint density at radius 3 is 1.27 bits per heavy atom. The van der Waals surface area contributed by atoms with Gasteiger partial charge in [0, 0.05) is 47.4 Å². The van der Waals surface area contributed by atoms with Crippen molar-refractivity contribution in [1.82, 2.24) is 30.4 Å². The number of carboxylic acids is 2. The normalized spacial score (nSPS) is 8.86. The van der Waals surface area contributed by atoms with Crippen LogP contribution in [-0.4, -0.2) is 53.8 Å². The van der Waals surface area contributed by atoms with Crippen LogP contribution in [0.15, 0.2) is 68.3 Å². The molecule has 4 aromatic rings. The number of thioether (sulfide) groups is 2. The van der Waals surface area contributed by atoms with Crippen molar-refractivity contribution in [2.75, 3.05) is 11.5 Å². The molecule has 0 saturated heterocycles. The Labute approximate surface area is 227 Å². The van der Waals surface area contributed by atoms with Crippen molar-refractivity contribution in [3.63, 3.8) is 0 Å². The Bertz CT molecular complexity index is 1080. The summed E-state index contributed by atoms with van der Waals surface area (Å²) >= 11 is 1.85. The van der Waals surface area contributed by atoms with Crippen LogP contribution in [0.1, 0.15) is 0 Å². The zero-order valence-electron chi connectivity index (χ0n) is 18.6. The molecule has 4 aromatic heterocycles. The first-order chi connectivity index (χ1) is 15.5. The third-order valence-electron chi connectivity index (χ3n) is 3.29. The van der Waals surface area contributed by atoms with Gasteiger partial charge in [-0.05, 0) is 24.3 Å². The summed E-state index contributed by atoms with van der Waals surface area (Å²) in [4.78, 5) is 28.2. The van der Waals surface area contributed by atoms with E-state index in [1.807, 2.05) is 0 Å². The second-order valence-electron chi connectivity index (χ2n) is 5.54. The molecule has 0 radical (unpaired) electrons. The number of rotatable bonds is 8. The number of hydrogen-bond donors (Lipinski definition) is 0. The minimum atomic E-state index is -1.17. The number of carboxylic acid groups (broad SMARTS) is 2. The van der Waals surface area contributed by atoms with E-state index in [0.717, 1.165) is 34.7 Å². The molecule has 0 fully saturated rings. The van der Waals surface area contributed by atoms with Gasteiger partial charge in [0.2, 0.25) is 11.8 Å². The van der Waals surface area contributed by atoms with E-state index in [0.29, 0.717) is 11.8 Å². The molecule has 16 nitrogen and oxygen atoms in total. The largest absolute Gasteiger partial charge is 2.00 e. The SMILES string of the molecule is O=C([O-])CSc1nnc(-c2ccncc2)o1.O=C([O-])CSc1nnc(-c2ccncc2)o1.[Fe+2].[OH3+].[OH3+].[OH3+].[OH3+]. The van der Waals surface area contributed by atoms with E-state index in [2.05, 4.69) is 30.4 Å². The van der Waals surface area contributed by atoms with Gasteiger partial charge in [-0.2, -0.15) is 0 Å². The van der Waals surface area contributed by atoms with Gasteiger partial charge >= 0.3 is 17.1 Å². The van der Waals surface area contributed by atoms with E-state index in [1.54, 1.807) is 49.1 Å².